The molecule has 1 nitrogen and oxygen atoms in total. The number of Topliss-reactive ketones (excluding diaryl/α,β-unsaturated/α-hetero) is 1. The Hall–Kier alpha value is -1.11. The monoisotopic (exact) mass is 147 g/mol. The van der Waals surface area contributed by atoms with E-state index in [1.54, 1.807) is 12.1 Å². The molecular formula is C10H11O. The summed E-state index contributed by atoms with van der Waals surface area (Å²) in [5, 5.41) is 0. The predicted molar refractivity (Wildman–Crippen MR) is 44.4 cm³/mol. The number of rotatable bonds is 2. The smallest absolute Gasteiger partial charge is 0.166 e. The van der Waals surface area contributed by atoms with E-state index < -0.39 is 0 Å². The topological polar surface area (TPSA) is 17.1 Å². The van der Waals surface area contributed by atoms with Crippen LogP contribution in [0.25, 0.3) is 0 Å². The molecule has 0 spiro atoms. The third-order valence-electron chi connectivity index (χ3n) is 1.50. The van der Waals surface area contributed by atoms with Crippen LogP contribution in [0.15, 0.2) is 24.3 Å². The summed E-state index contributed by atoms with van der Waals surface area (Å²) in [5.74, 6) is 0.222. The summed E-state index contributed by atoms with van der Waals surface area (Å²) in [6, 6.07) is 10.2. The van der Waals surface area contributed by atoms with Crippen LogP contribution in [0.3, 0.4) is 0 Å². The lowest BCUT2D eigenvalue weighted by Gasteiger charge is -2.01. The normalized spacial score (nSPS) is 10.1. The van der Waals surface area contributed by atoms with E-state index in [2.05, 4.69) is 6.07 Å². The first-order valence-corrected chi connectivity index (χ1v) is 3.72. The second-order valence-corrected chi connectivity index (χ2v) is 2.80. The molecule has 0 atom stereocenters. The highest BCUT2D eigenvalue weighted by molar-refractivity contribution is 5.97. The molecule has 1 radical (unpaired) electrons. The van der Waals surface area contributed by atoms with E-state index in [4.69, 9.17) is 0 Å². The Morgan fingerprint density at radius 2 is 2.18 bits per heavy atom. The number of benzene rings is 1. The van der Waals surface area contributed by atoms with E-state index in [1.165, 1.54) is 0 Å². The van der Waals surface area contributed by atoms with Crippen molar-refractivity contribution >= 4 is 5.78 Å². The van der Waals surface area contributed by atoms with Gasteiger partial charge in [-0.3, -0.25) is 4.79 Å². The van der Waals surface area contributed by atoms with Gasteiger partial charge >= 0.3 is 0 Å². The molecule has 0 fully saturated rings. The maximum absolute atomic E-state index is 11.3. The highest BCUT2D eigenvalue weighted by Gasteiger charge is 2.08. The van der Waals surface area contributed by atoms with Gasteiger partial charge in [0.1, 0.15) is 0 Å². The first-order chi connectivity index (χ1) is 5.22. The molecule has 11 heavy (non-hydrogen) atoms. The molecule has 0 saturated heterocycles. The zero-order valence-corrected chi connectivity index (χ0v) is 6.79. The Bertz CT molecular complexity index is 236. The molecule has 0 bridgehead atoms. The molecule has 0 aromatic heterocycles. The van der Waals surface area contributed by atoms with Crippen LogP contribution < -0.4 is 0 Å². The molecule has 57 valence electrons. The lowest BCUT2D eigenvalue weighted by Crippen LogP contribution is -2.06. The summed E-state index contributed by atoms with van der Waals surface area (Å²) >= 11 is 0. The van der Waals surface area contributed by atoms with Gasteiger partial charge < -0.3 is 0 Å². The van der Waals surface area contributed by atoms with Crippen molar-refractivity contribution in [1.29, 1.82) is 0 Å². The van der Waals surface area contributed by atoms with Gasteiger partial charge in [0.05, 0.1) is 0 Å². The van der Waals surface area contributed by atoms with Crippen molar-refractivity contribution in [2.45, 2.75) is 13.8 Å². The first kappa shape index (κ1) is 7.99. The fraction of sp³-hybridized carbons (Fsp3) is 0.300. The van der Waals surface area contributed by atoms with E-state index in [0.29, 0.717) is 5.56 Å². The van der Waals surface area contributed by atoms with Crippen LogP contribution in [-0.2, 0) is 0 Å². The number of carbonyl (C=O) groups excluding carboxylic acids is 1. The molecule has 0 N–H and O–H groups in total. The molecule has 1 rings (SSSR count). The fourth-order valence-electron chi connectivity index (χ4n) is 0.858. The van der Waals surface area contributed by atoms with Crippen molar-refractivity contribution in [2.75, 3.05) is 0 Å². The van der Waals surface area contributed by atoms with E-state index in [9.17, 15) is 4.79 Å². The number of carbonyl (C=O) groups is 1. The van der Waals surface area contributed by atoms with Crippen molar-refractivity contribution < 1.29 is 4.79 Å². The minimum Gasteiger partial charge on any atom is -0.294 e. The summed E-state index contributed by atoms with van der Waals surface area (Å²) < 4.78 is 0. The Morgan fingerprint density at radius 3 is 2.64 bits per heavy atom. The molecular weight excluding hydrogens is 136 g/mol. The van der Waals surface area contributed by atoms with Crippen LogP contribution in [0.5, 0.6) is 0 Å². The fourth-order valence-corrected chi connectivity index (χ4v) is 0.858. The SMILES string of the molecule is CC(C)C(=O)c1[c]cccc1. The van der Waals surface area contributed by atoms with Crippen molar-refractivity contribution in [3.63, 3.8) is 0 Å². The van der Waals surface area contributed by atoms with Gasteiger partial charge in [-0.25, -0.2) is 0 Å². The Morgan fingerprint density at radius 1 is 1.45 bits per heavy atom. The summed E-state index contributed by atoms with van der Waals surface area (Å²) in [5.41, 5.74) is 0.683. The molecule has 0 aliphatic rings. The molecule has 0 amide bonds. The maximum Gasteiger partial charge on any atom is 0.166 e. The Labute approximate surface area is 67.1 Å². The third-order valence-corrected chi connectivity index (χ3v) is 1.50. The molecule has 1 heteroatoms. The van der Waals surface area contributed by atoms with Crippen molar-refractivity contribution in [3.8, 4) is 0 Å². The third kappa shape index (κ3) is 1.90. The quantitative estimate of drug-likeness (QED) is 0.587. The van der Waals surface area contributed by atoms with Gasteiger partial charge in [0.2, 0.25) is 0 Å². The van der Waals surface area contributed by atoms with Crippen molar-refractivity contribution in [2.24, 2.45) is 5.92 Å². The van der Waals surface area contributed by atoms with Gasteiger partial charge in [0, 0.05) is 11.5 Å². The number of ketones is 1. The second-order valence-electron chi connectivity index (χ2n) is 2.80. The molecule has 1 aromatic rings. The molecule has 1 aromatic carbocycles. The summed E-state index contributed by atoms with van der Waals surface area (Å²) in [6.07, 6.45) is 0. The van der Waals surface area contributed by atoms with Gasteiger partial charge in [-0.2, -0.15) is 0 Å². The van der Waals surface area contributed by atoms with Gasteiger partial charge in [0.25, 0.3) is 0 Å². The Balaban J connectivity index is 2.86. The maximum atomic E-state index is 11.3. The van der Waals surface area contributed by atoms with Gasteiger partial charge in [-0.05, 0) is 6.07 Å². The second kappa shape index (κ2) is 3.33. The average molecular weight is 147 g/mol. The minimum absolute atomic E-state index is 0.0636. The van der Waals surface area contributed by atoms with E-state index in [1.807, 2.05) is 26.0 Å². The van der Waals surface area contributed by atoms with Gasteiger partial charge in [-0.15, -0.1) is 0 Å². The van der Waals surface area contributed by atoms with E-state index in [-0.39, 0.29) is 11.7 Å². The van der Waals surface area contributed by atoms with Crippen LogP contribution in [0.1, 0.15) is 24.2 Å². The number of hydrogen-bond acceptors (Lipinski definition) is 1. The predicted octanol–water partition coefficient (Wildman–Crippen LogP) is 2.33. The first-order valence-electron chi connectivity index (χ1n) is 3.72. The Kier molecular flexibility index (Phi) is 2.42. The molecule has 0 aliphatic carbocycles. The molecule has 0 heterocycles. The van der Waals surface area contributed by atoms with E-state index >= 15 is 0 Å². The zero-order valence-electron chi connectivity index (χ0n) is 6.79. The van der Waals surface area contributed by atoms with Gasteiger partial charge in [-0.1, -0.05) is 38.1 Å². The largest absolute Gasteiger partial charge is 0.294 e. The molecule has 0 unspecified atom stereocenters. The van der Waals surface area contributed by atoms with E-state index in [0.717, 1.165) is 0 Å². The average Bonchev–Trinajstić information content (AvgIpc) is 2.05. The zero-order chi connectivity index (χ0) is 8.27. The highest BCUT2D eigenvalue weighted by atomic mass is 16.1. The highest BCUT2D eigenvalue weighted by Crippen LogP contribution is 2.06. The summed E-state index contributed by atoms with van der Waals surface area (Å²) in [6.45, 7) is 3.78. The van der Waals surface area contributed by atoms with Crippen LogP contribution in [0, 0.1) is 12.0 Å². The summed E-state index contributed by atoms with van der Waals surface area (Å²) in [7, 11) is 0. The van der Waals surface area contributed by atoms with Crippen LogP contribution in [-0.4, -0.2) is 5.78 Å². The van der Waals surface area contributed by atoms with Crippen LogP contribution >= 0.6 is 0 Å². The van der Waals surface area contributed by atoms with Crippen LogP contribution in [0.2, 0.25) is 0 Å². The standard InChI is InChI=1S/C10H11O/c1-8(2)10(11)9-6-4-3-5-7-9/h3-6,8H,1-2H3. The minimum atomic E-state index is 0.0636. The lowest BCUT2D eigenvalue weighted by molar-refractivity contribution is 0.0939. The van der Waals surface area contributed by atoms with Gasteiger partial charge in [0.15, 0.2) is 5.78 Å². The summed E-state index contributed by atoms with van der Waals surface area (Å²) in [4.78, 5) is 11.3. The van der Waals surface area contributed by atoms with Crippen LogP contribution in [0.4, 0.5) is 0 Å². The lowest BCUT2D eigenvalue weighted by atomic mass is 10.0. The number of hydrogen-bond donors (Lipinski definition) is 0. The van der Waals surface area contributed by atoms with Crippen molar-refractivity contribution in [1.82, 2.24) is 0 Å². The van der Waals surface area contributed by atoms with Crippen molar-refractivity contribution in [3.05, 3.63) is 35.9 Å². The molecule has 0 aliphatic heterocycles. The molecule has 0 saturated carbocycles.